The molecule has 2 N–H and O–H groups in total. The summed E-state index contributed by atoms with van der Waals surface area (Å²) in [7, 11) is 1.48. The molecular weight excluding hydrogens is 260 g/mol. The van der Waals surface area contributed by atoms with Gasteiger partial charge in [-0.15, -0.1) is 0 Å². The summed E-state index contributed by atoms with van der Waals surface area (Å²) in [6.45, 7) is 1.70. The van der Waals surface area contributed by atoms with Crippen LogP contribution in [0, 0.1) is 5.92 Å². The number of hydrogen-bond donors (Lipinski definition) is 2. The zero-order valence-corrected chi connectivity index (χ0v) is 11.9. The van der Waals surface area contributed by atoms with Gasteiger partial charge in [0.2, 0.25) is 0 Å². The van der Waals surface area contributed by atoms with Crippen LogP contribution in [0.15, 0.2) is 30.3 Å². The van der Waals surface area contributed by atoms with Crippen LogP contribution in [0.2, 0.25) is 0 Å². The summed E-state index contributed by atoms with van der Waals surface area (Å²) in [6, 6.07) is 9.81. The minimum Gasteiger partial charge on any atom is -0.479 e. The van der Waals surface area contributed by atoms with Gasteiger partial charge in [0.15, 0.2) is 6.10 Å². The van der Waals surface area contributed by atoms with Gasteiger partial charge in [0, 0.05) is 7.11 Å². The largest absolute Gasteiger partial charge is 0.479 e. The summed E-state index contributed by atoms with van der Waals surface area (Å²) >= 11 is 0. The van der Waals surface area contributed by atoms with Crippen molar-refractivity contribution in [1.29, 1.82) is 0 Å². The van der Waals surface area contributed by atoms with Crippen LogP contribution in [0.1, 0.15) is 12.5 Å². The normalized spacial score (nSPS) is 15.6. The molecule has 5 nitrogen and oxygen atoms in total. The number of carboxylic acids is 1. The number of carboxylic acid groups (broad SMARTS) is 1. The van der Waals surface area contributed by atoms with E-state index >= 15 is 0 Å². The van der Waals surface area contributed by atoms with Crippen molar-refractivity contribution in [2.75, 3.05) is 20.3 Å². The summed E-state index contributed by atoms with van der Waals surface area (Å²) in [5.41, 5.74) is 1.12. The molecule has 0 saturated carbocycles. The fourth-order valence-corrected chi connectivity index (χ4v) is 2.24. The second-order valence-corrected chi connectivity index (χ2v) is 4.72. The van der Waals surface area contributed by atoms with Gasteiger partial charge in [-0.05, 0) is 17.9 Å². The molecule has 1 aromatic carbocycles. The smallest absolute Gasteiger partial charge is 0.335 e. The first-order chi connectivity index (χ1) is 9.60. The molecule has 0 heterocycles. The highest BCUT2D eigenvalue weighted by Gasteiger charge is 2.33. The summed E-state index contributed by atoms with van der Waals surface area (Å²) < 4.78 is 10.5. The van der Waals surface area contributed by atoms with Gasteiger partial charge in [0.1, 0.15) is 0 Å². The second kappa shape index (κ2) is 8.68. The van der Waals surface area contributed by atoms with Gasteiger partial charge in [-0.25, -0.2) is 4.79 Å². The Balaban J connectivity index is 2.73. The first-order valence-electron chi connectivity index (χ1n) is 6.62. The molecule has 0 amide bonds. The Morgan fingerprint density at radius 1 is 1.30 bits per heavy atom. The molecule has 112 valence electrons. The molecule has 0 spiro atoms. The fraction of sp³-hybridized carbons (Fsp3) is 0.533. The van der Waals surface area contributed by atoms with E-state index in [0.717, 1.165) is 5.56 Å². The predicted molar refractivity (Wildman–Crippen MR) is 74.6 cm³/mol. The molecule has 0 saturated heterocycles. The molecular formula is C15H22O5. The molecule has 1 aromatic rings. The number of rotatable bonds is 9. The van der Waals surface area contributed by atoms with Crippen molar-refractivity contribution in [1.82, 2.24) is 0 Å². The Kier molecular flexibility index (Phi) is 7.22. The Hall–Kier alpha value is -1.43. The lowest BCUT2D eigenvalue weighted by Gasteiger charge is -2.28. The average molecular weight is 282 g/mol. The van der Waals surface area contributed by atoms with E-state index < -0.39 is 18.2 Å². The van der Waals surface area contributed by atoms with E-state index in [4.69, 9.17) is 14.6 Å². The van der Waals surface area contributed by atoms with Crippen LogP contribution in [-0.4, -0.2) is 48.7 Å². The highest BCUT2D eigenvalue weighted by atomic mass is 16.6. The highest BCUT2D eigenvalue weighted by molar-refractivity contribution is 5.73. The summed E-state index contributed by atoms with van der Waals surface area (Å²) in [6.07, 6.45) is -0.948. The maximum atomic E-state index is 11.3. The van der Waals surface area contributed by atoms with E-state index in [9.17, 15) is 9.90 Å². The van der Waals surface area contributed by atoms with Gasteiger partial charge >= 0.3 is 5.97 Å². The first kappa shape index (κ1) is 16.6. The van der Waals surface area contributed by atoms with Crippen LogP contribution < -0.4 is 0 Å². The predicted octanol–water partition coefficient (Wildman–Crippen LogP) is 1.34. The number of carbonyl (C=O) groups is 1. The van der Waals surface area contributed by atoms with E-state index in [1.807, 2.05) is 37.3 Å². The third kappa shape index (κ3) is 4.92. The summed E-state index contributed by atoms with van der Waals surface area (Å²) in [5, 5.41) is 18.0. The van der Waals surface area contributed by atoms with E-state index in [1.165, 1.54) is 7.11 Å². The molecule has 1 rings (SSSR count). The molecule has 0 aliphatic rings. The van der Waals surface area contributed by atoms with Crippen molar-refractivity contribution in [2.24, 2.45) is 5.92 Å². The zero-order chi connectivity index (χ0) is 15.0. The lowest BCUT2D eigenvalue weighted by Crippen LogP contribution is -2.43. The second-order valence-electron chi connectivity index (χ2n) is 4.72. The molecule has 0 bridgehead atoms. The molecule has 20 heavy (non-hydrogen) atoms. The van der Waals surface area contributed by atoms with Crippen molar-refractivity contribution in [3.8, 4) is 0 Å². The maximum absolute atomic E-state index is 11.3. The molecule has 0 radical (unpaired) electrons. The van der Waals surface area contributed by atoms with E-state index in [-0.39, 0.29) is 19.1 Å². The number of aliphatic hydroxyl groups is 1. The van der Waals surface area contributed by atoms with Gasteiger partial charge in [-0.2, -0.15) is 0 Å². The third-order valence-electron chi connectivity index (χ3n) is 3.16. The molecule has 1 unspecified atom stereocenters. The van der Waals surface area contributed by atoms with Gasteiger partial charge in [-0.1, -0.05) is 37.3 Å². The number of aliphatic carboxylic acids is 1. The minimum atomic E-state index is -1.08. The van der Waals surface area contributed by atoms with E-state index in [0.29, 0.717) is 6.42 Å². The van der Waals surface area contributed by atoms with E-state index in [2.05, 4.69) is 0 Å². The van der Waals surface area contributed by atoms with E-state index in [1.54, 1.807) is 0 Å². The van der Waals surface area contributed by atoms with Crippen LogP contribution in [0.4, 0.5) is 0 Å². The Morgan fingerprint density at radius 2 is 1.95 bits per heavy atom. The standard InChI is InChI=1S/C15H22O5/c1-11(10-12-6-4-3-5-7-12)13(19-2)14(15(17)18)20-9-8-16/h3-7,11,13-14,16H,8-10H2,1-2H3,(H,17,18)/t11-,13-,14?/m0/s1. The van der Waals surface area contributed by atoms with Crippen LogP contribution in [0.25, 0.3) is 0 Å². The van der Waals surface area contributed by atoms with Crippen molar-refractivity contribution in [3.05, 3.63) is 35.9 Å². The monoisotopic (exact) mass is 282 g/mol. The summed E-state index contributed by atoms with van der Waals surface area (Å²) in [4.78, 5) is 11.3. The van der Waals surface area contributed by atoms with Crippen molar-refractivity contribution >= 4 is 5.97 Å². The molecule has 0 aliphatic carbocycles. The van der Waals surface area contributed by atoms with Crippen molar-refractivity contribution < 1.29 is 24.5 Å². The van der Waals surface area contributed by atoms with Gasteiger partial charge in [-0.3, -0.25) is 0 Å². The average Bonchev–Trinajstić information content (AvgIpc) is 2.44. The molecule has 3 atom stereocenters. The van der Waals surface area contributed by atoms with Crippen molar-refractivity contribution in [3.63, 3.8) is 0 Å². The molecule has 0 aliphatic heterocycles. The van der Waals surface area contributed by atoms with Crippen LogP contribution in [-0.2, 0) is 20.7 Å². The topological polar surface area (TPSA) is 76.0 Å². The lowest BCUT2D eigenvalue weighted by atomic mass is 9.92. The number of hydrogen-bond acceptors (Lipinski definition) is 4. The number of benzene rings is 1. The number of aliphatic hydroxyl groups excluding tert-OH is 1. The van der Waals surface area contributed by atoms with Gasteiger partial charge in [0.25, 0.3) is 0 Å². The molecule has 0 fully saturated rings. The van der Waals surface area contributed by atoms with Gasteiger partial charge in [0.05, 0.1) is 19.3 Å². The summed E-state index contributed by atoms with van der Waals surface area (Å²) in [5.74, 6) is -1.10. The lowest BCUT2D eigenvalue weighted by molar-refractivity contribution is -0.164. The minimum absolute atomic E-state index is 0.0190. The Bertz CT molecular complexity index is 393. The van der Waals surface area contributed by atoms with Crippen LogP contribution in [0.3, 0.4) is 0 Å². The first-order valence-corrected chi connectivity index (χ1v) is 6.62. The molecule has 0 aromatic heterocycles. The van der Waals surface area contributed by atoms with Crippen LogP contribution in [0.5, 0.6) is 0 Å². The SMILES string of the molecule is CO[C@H](C(OCCO)C(=O)O)[C@@H](C)Cc1ccccc1. The Morgan fingerprint density at radius 3 is 2.45 bits per heavy atom. The number of methoxy groups -OCH3 is 1. The van der Waals surface area contributed by atoms with Crippen LogP contribution >= 0.6 is 0 Å². The quantitative estimate of drug-likeness (QED) is 0.715. The highest BCUT2D eigenvalue weighted by Crippen LogP contribution is 2.19. The van der Waals surface area contributed by atoms with Gasteiger partial charge < -0.3 is 19.7 Å². The maximum Gasteiger partial charge on any atom is 0.335 e. The molecule has 5 heteroatoms. The zero-order valence-electron chi connectivity index (χ0n) is 11.9. The third-order valence-corrected chi connectivity index (χ3v) is 3.16. The Labute approximate surface area is 119 Å². The van der Waals surface area contributed by atoms with Crippen molar-refractivity contribution in [2.45, 2.75) is 25.6 Å². The fourth-order valence-electron chi connectivity index (χ4n) is 2.24. The number of ether oxygens (including phenoxy) is 2.